The highest BCUT2D eigenvalue weighted by molar-refractivity contribution is 5.87. The summed E-state index contributed by atoms with van der Waals surface area (Å²) in [4.78, 5) is 11.2. The molecule has 0 aliphatic carbocycles. The van der Waals surface area contributed by atoms with E-state index in [1.165, 1.54) is 19.2 Å². The van der Waals surface area contributed by atoms with Gasteiger partial charge in [0, 0.05) is 18.2 Å². The predicted molar refractivity (Wildman–Crippen MR) is 73.3 cm³/mol. The van der Waals surface area contributed by atoms with Crippen molar-refractivity contribution in [1.82, 2.24) is 5.32 Å². The summed E-state index contributed by atoms with van der Waals surface area (Å²) in [6, 6.07) is 6.73. The molecule has 0 saturated carbocycles. The van der Waals surface area contributed by atoms with Gasteiger partial charge in [-0.25, -0.2) is 9.18 Å². The number of esters is 1. The zero-order chi connectivity index (χ0) is 14.3. The van der Waals surface area contributed by atoms with Gasteiger partial charge in [0.1, 0.15) is 5.82 Å². The summed E-state index contributed by atoms with van der Waals surface area (Å²) < 4.78 is 17.4. The average Bonchev–Trinajstić information content (AvgIpc) is 2.40. The molecular formula is C15H20FNO2. The molecule has 1 unspecified atom stereocenters. The van der Waals surface area contributed by atoms with Gasteiger partial charge >= 0.3 is 5.97 Å². The Morgan fingerprint density at radius 2 is 2.05 bits per heavy atom. The highest BCUT2D eigenvalue weighted by Gasteiger charge is 2.04. The van der Waals surface area contributed by atoms with Crippen molar-refractivity contribution in [1.29, 1.82) is 0 Å². The van der Waals surface area contributed by atoms with E-state index in [4.69, 9.17) is 0 Å². The number of carbonyl (C=O) groups excluding carboxylic acids is 1. The molecule has 0 aromatic heterocycles. The third-order valence-corrected chi connectivity index (χ3v) is 2.84. The topological polar surface area (TPSA) is 38.3 Å². The van der Waals surface area contributed by atoms with Crippen molar-refractivity contribution in [2.45, 2.75) is 26.3 Å². The summed E-state index contributed by atoms with van der Waals surface area (Å²) in [6.07, 6.45) is 2.61. The second-order valence-electron chi connectivity index (χ2n) is 4.52. The van der Waals surface area contributed by atoms with Gasteiger partial charge in [0.2, 0.25) is 0 Å². The fraction of sp³-hybridized carbons (Fsp3) is 0.400. The van der Waals surface area contributed by atoms with Crippen molar-refractivity contribution >= 4 is 5.97 Å². The normalized spacial score (nSPS) is 13.2. The standard InChI is InChI=1S/C15H20FNO2/c1-11(15(18)19-3)8-9-17-12(2)10-13-4-6-14(16)7-5-13/h4-8,12,17H,9-10H2,1-3H3/b11-8+. The largest absolute Gasteiger partial charge is 0.466 e. The number of ether oxygens (including phenoxy) is 1. The van der Waals surface area contributed by atoms with Gasteiger partial charge in [-0.15, -0.1) is 0 Å². The van der Waals surface area contributed by atoms with Crippen molar-refractivity contribution in [3.05, 3.63) is 47.3 Å². The number of hydrogen-bond donors (Lipinski definition) is 1. The molecule has 3 nitrogen and oxygen atoms in total. The van der Waals surface area contributed by atoms with E-state index in [-0.39, 0.29) is 17.8 Å². The van der Waals surface area contributed by atoms with E-state index in [0.29, 0.717) is 12.1 Å². The van der Waals surface area contributed by atoms with Gasteiger partial charge in [0.25, 0.3) is 0 Å². The van der Waals surface area contributed by atoms with E-state index in [0.717, 1.165) is 12.0 Å². The third kappa shape index (κ3) is 5.66. The van der Waals surface area contributed by atoms with Crippen LogP contribution in [0.15, 0.2) is 35.9 Å². The van der Waals surface area contributed by atoms with E-state index < -0.39 is 0 Å². The molecule has 0 heterocycles. The van der Waals surface area contributed by atoms with Crippen molar-refractivity contribution in [3.63, 3.8) is 0 Å². The van der Waals surface area contributed by atoms with Gasteiger partial charge < -0.3 is 10.1 Å². The van der Waals surface area contributed by atoms with Crippen LogP contribution in [0.25, 0.3) is 0 Å². The van der Waals surface area contributed by atoms with Crippen LogP contribution in [0.1, 0.15) is 19.4 Å². The third-order valence-electron chi connectivity index (χ3n) is 2.84. The number of benzene rings is 1. The van der Waals surface area contributed by atoms with Crippen molar-refractivity contribution < 1.29 is 13.9 Å². The van der Waals surface area contributed by atoms with E-state index in [2.05, 4.69) is 10.1 Å². The van der Waals surface area contributed by atoms with Gasteiger partial charge in [-0.1, -0.05) is 18.2 Å². The van der Waals surface area contributed by atoms with Crippen LogP contribution >= 0.6 is 0 Å². The maximum atomic E-state index is 12.8. The number of nitrogens with one attached hydrogen (secondary N) is 1. The zero-order valence-electron chi connectivity index (χ0n) is 11.6. The lowest BCUT2D eigenvalue weighted by atomic mass is 10.1. The summed E-state index contributed by atoms with van der Waals surface area (Å²) in [6.45, 7) is 4.37. The molecule has 0 spiro atoms. The van der Waals surface area contributed by atoms with Gasteiger partial charge in [-0.2, -0.15) is 0 Å². The molecule has 1 aromatic rings. The Hall–Kier alpha value is -1.68. The van der Waals surface area contributed by atoms with Gasteiger partial charge in [-0.05, 0) is 38.0 Å². The first-order valence-electron chi connectivity index (χ1n) is 6.26. The summed E-state index contributed by atoms with van der Waals surface area (Å²) in [5.41, 5.74) is 1.67. The van der Waals surface area contributed by atoms with E-state index in [9.17, 15) is 9.18 Å². The Morgan fingerprint density at radius 3 is 2.63 bits per heavy atom. The number of carbonyl (C=O) groups is 1. The van der Waals surface area contributed by atoms with Crippen LogP contribution in [-0.4, -0.2) is 25.7 Å². The van der Waals surface area contributed by atoms with E-state index in [1.54, 1.807) is 25.1 Å². The molecule has 0 aliphatic rings. The van der Waals surface area contributed by atoms with Gasteiger partial charge in [0.05, 0.1) is 7.11 Å². The van der Waals surface area contributed by atoms with Gasteiger partial charge in [0.15, 0.2) is 0 Å². The Labute approximate surface area is 113 Å². The molecule has 0 amide bonds. The number of hydrogen-bond acceptors (Lipinski definition) is 3. The molecule has 1 atom stereocenters. The molecule has 4 heteroatoms. The molecular weight excluding hydrogens is 245 g/mol. The minimum atomic E-state index is -0.312. The van der Waals surface area contributed by atoms with Crippen LogP contribution in [0.4, 0.5) is 4.39 Å². The lowest BCUT2D eigenvalue weighted by Crippen LogP contribution is -2.28. The molecule has 0 aliphatic heterocycles. The molecule has 104 valence electrons. The first-order valence-corrected chi connectivity index (χ1v) is 6.26. The highest BCUT2D eigenvalue weighted by atomic mass is 19.1. The van der Waals surface area contributed by atoms with Crippen LogP contribution in [-0.2, 0) is 16.0 Å². The zero-order valence-corrected chi connectivity index (χ0v) is 11.6. The molecule has 0 bridgehead atoms. The van der Waals surface area contributed by atoms with E-state index in [1.807, 2.05) is 6.92 Å². The monoisotopic (exact) mass is 265 g/mol. The van der Waals surface area contributed by atoms with Crippen LogP contribution < -0.4 is 5.32 Å². The fourth-order valence-corrected chi connectivity index (χ4v) is 1.70. The van der Waals surface area contributed by atoms with Crippen LogP contribution in [0.3, 0.4) is 0 Å². The summed E-state index contributed by atoms with van der Waals surface area (Å²) in [5, 5.41) is 3.28. The minimum Gasteiger partial charge on any atom is -0.466 e. The fourth-order valence-electron chi connectivity index (χ4n) is 1.70. The Balaban J connectivity index is 2.38. The number of rotatable bonds is 6. The highest BCUT2D eigenvalue weighted by Crippen LogP contribution is 2.05. The molecule has 0 fully saturated rings. The maximum absolute atomic E-state index is 12.8. The Kier molecular flexibility index (Phi) is 6.22. The Bertz CT molecular complexity index is 440. The average molecular weight is 265 g/mol. The first kappa shape index (κ1) is 15.4. The SMILES string of the molecule is COC(=O)/C(C)=C/CNC(C)Cc1ccc(F)cc1. The first-order chi connectivity index (χ1) is 9.02. The molecule has 1 N–H and O–H groups in total. The van der Waals surface area contributed by atoms with Crippen molar-refractivity contribution in [2.75, 3.05) is 13.7 Å². The second kappa shape index (κ2) is 7.69. The van der Waals surface area contributed by atoms with Crippen LogP contribution in [0, 0.1) is 5.82 Å². The predicted octanol–water partition coefficient (Wildman–Crippen LogP) is 2.47. The van der Waals surface area contributed by atoms with Gasteiger partial charge in [-0.3, -0.25) is 0 Å². The van der Waals surface area contributed by atoms with Crippen molar-refractivity contribution in [2.24, 2.45) is 0 Å². The summed E-state index contributed by atoms with van der Waals surface area (Å²) >= 11 is 0. The van der Waals surface area contributed by atoms with Crippen LogP contribution in [0.5, 0.6) is 0 Å². The van der Waals surface area contributed by atoms with Crippen molar-refractivity contribution in [3.8, 4) is 0 Å². The summed E-state index contributed by atoms with van der Waals surface area (Å²) in [5.74, 6) is -0.533. The molecule has 0 saturated heterocycles. The number of methoxy groups -OCH3 is 1. The number of halogens is 1. The lowest BCUT2D eigenvalue weighted by Gasteiger charge is -2.12. The smallest absolute Gasteiger partial charge is 0.333 e. The quantitative estimate of drug-likeness (QED) is 0.634. The maximum Gasteiger partial charge on any atom is 0.333 e. The molecule has 19 heavy (non-hydrogen) atoms. The van der Waals surface area contributed by atoms with Crippen LogP contribution in [0.2, 0.25) is 0 Å². The lowest BCUT2D eigenvalue weighted by molar-refractivity contribution is -0.136. The molecule has 1 rings (SSSR count). The molecule has 0 radical (unpaired) electrons. The minimum absolute atomic E-state index is 0.221. The Morgan fingerprint density at radius 1 is 1.42 bits per heavy atom. The van der Waals surface area contributed by atoms with E-state index >= 15 is 0 Å². The second-order valence-corrected chi connectivity index (χ2v) is 4.52. The summed E-state index contributed by atoms with van der Waals surface area (Å²) in [7, 11) is 1.37. The molecule has 1 aromatic carbocycles.